The predicted octanol–water partition coefficient (Wildman–Crippen LogP) is 7.61. The van der Waals surface area contributed by atoms with E-state index in [1.54, 1.807) is 14.2 Å². The fourth-order valence-corrected chi connectivity index (χ4v) is 5.24. The summed E-state index contributed by atoms with van der Waals surface area (Å²) >= 11 is 4.76. The van der Waals surface area contributed by atoms with E-state index in [4.69, 9.17) is 9.47 Å². The molecule has 164 valence electrons. The van der Waals surface area contributed by atoms with Crippen molar-refractivity contribution in [1.82, 2.24) is 8.75 Å². The molecule has 5 rings (SSSR count). The van der Waals surface area contributed by atoms with Gasteiger partial charge in [-0.15, -0.1) is 0 Å². The molecule has 0 spiro atoms. The van der Waals surface area contributed by atoms with Gasteiger partial charge in [0, 0.05) is 17.1 Å². The number of halogens is 1. The molecular formula is C26H20BrN3O2S. The standard InChI is InChI=1S/C26H20BrN3O2S/c1-31-25-21(23-24(29-33-28-23)22(27)26(25)32-2)17-13-15-20(16-14-17)30(18-9-5-3-6-10-18)19-11-7-4-8-12-19/h3-16H,1-2H3. The van der Waals surface area contributed by atoms with Crippen molar-refractivity contribution in [2.24, 2.45) is 0 Å². The average molecular weight is 518 g/mol. The highest BCUT2D eigenvalue weighted by atomic mass is 79.9. The van der Waals surface area contributed by atoms with Crippen molar-refractivity contribution >= 4 is 55.8 Å². The zero-order valence-corrected chi connectivity index (χ0v) is 20.4. The molecule has 0 fully saturated rings. The molecule has 4 aromatic carbocycles. The molecule has 0 atom stereocenters. The quantitative estimate of drug-likeness (QED) is 0.232. The van der Waals surface area contributed by atoms with Gasteiger partial charge in [-0.05, 0) is 57.9 Å². The maximum atomic E-state index is 5.77. The van der Waals surface area contributed by atoms with Gasteiger partial charge in [-0.2, -0.15) is 8.75 Å². The van der Waals surface area contributed by atoms with Gasteiger partial charge in [-0.25, -0.2) is 0 Å². The first kappa shape index (κ1) is 21.4. The van der Waals surface area contributed by atoms with Crippen molar-refractivity contribution < 1.29 is 9.47 Å². The summed E-state index contributed by atoms with van der Waals surface area (Å²) in [5.74, 6) is 1.23. The van der Waals surface area contributed by atoms with Crippen LogP contribution in [0.2, 0.25) is 0 Å². The Balaban J connectivity index is 1.65. The van der Waals surface area contributed by atoms with Crippen LogP contribution in [0.5, 0.6) is 11.5 Å². The summed E-state index contributed by atoms with van der Waals surface area (Å²) in [6.45, 7) is 0. The number of anilines is 3. The lowest BCUT2D eigenvalue weighted by atomic mass is 10.0. The van der Waals surface area contributed by atoms with Gasteiger partial charge in [0.05, 0.1) is 36.0 Å². The molecule has 0 aliphatic carbocycles. The number of para-hydroxylation sites is 2. The van der Waals surface area contributed by atoms with Crippen LogP contribution in [-0.4, -0.2) is 23.0 Å². The number of benzene rings is 4. The molecule has 0 bridgehead atoms. The smallest absolute Gasteiger partial charge is 0.177 e. The van der Waals surface area contributed by atoms with Crippen molar-refractivity contribution in [2.75, 3.05) is 19.1 Å². The fourth-order valence-electron chi connectivity index (χ4n) is 3.95. The molecule has 0 aliphatic heterocycles. The molecule has 33 heavy (non-hydrogen) atoms. The number of hydrogen-bond acceptors (Lipinski definition) is 6. The van der Waals surface area contributed by atoms with E-state index >= 15 is 0 Å². The molecule has 1 aromatic heterocycles. The third kappa shape index (κ3) is 3.83. The van der Waals surface area contributed by atoms with Gasteiger partial charge in [0.15, 0.2) is 11.5 Å². The summed E-state index contributed by atoms with van der Waals surface area (Å²) in [6, 6.07) is 29.0. The molecule has 0 N–H and O–H groups in total. The second-order valence-electron chi connectivity index (χ2n) is 7.27. The Kier molecular flexibility index (Phi) is 5.98. The first-order valence-corrected chi connectivity index (χ1v) is 11.8. The first-order valence-electron chi connectivity index (χ1n) is 10.3. The number of rotatable bonds is 6. The van der Waals surface area contributed by atoms with Crippen LogP contribution in [0.15, 0.2) is 89.4 Å². The van der Waals surface area contributed by atoms with Crippen LogP contribution >= 0.6 is 27.7 Å². The molecule has 0 unspecified atom stereocenters. The van der Waals surface area contributed by atoms with E-state index in [0.29, 0.717) is 11.5 Å². The maximum Gasteiger partial charge on any atom is 0.177 e. The summed E-state index contributed by atoms with van der Waals surface area (Å²) in [4.78, 5) is 2.23. The number of aromatic nitrogens is 2. The van der Waals surface area contributed by atoms with Crippen LogP contribution in [0.4, 0.5) is 17.1 Å². The van der Waals surface area contributed by atoms with Crippen LogP contribution in [0.3, 0.4) is 0 Å². The van der Waals surface area contributed by atoms with Crippen molar-refractivity contribution in [2.45, 2.75) is 0 Å². The summed E-state index contributed by atoms with van der Waals surface area (Å²) in [6.07, 6.45) is 0. The maximum absolute atomic E-state index is 5.77. The van der Waals surface area contributed by atoms with Gasteiger partial charge >= 0.3 is 0 Å². The number of fused-ring (bicyclic) bond motifs is 1. The Labute approximate surface area is 204 Å². The van der Waals surface area contributed by atoms with E-state index < -0.39 is 0 Å². The van der Waals surface area contributed by atoms with Gasteiger partial charge in [0.1, 0.15) is 11.0 Å². The fraction of sp³-hybridized carbons (Fsp3) is 0.0769. The molecule has 5 aromatic rings. The lowest BCUT2D eigenvalue weighted by Crippen LogP contribution is -2.09. The van der Waals surface area contributed by atoms with Gasteiger partial charge in [-0.1, -0.05) is 48.5 Å². The lowest BCUT2D eigenvalue weighted by molar-refractivity contribution is 0.355. The van der Waals surface area contributed by atoms with Crippen molar-refractivity contribution in [1.29, 1.82) is 0 Å². The number of methoxy groups -OCH3 is 2. The van der Waals surface area contributed by atoms with E-state index in [0.717, 1.165) is 43.7 Å². The molecule has 0 amide bonds. The second kappa shape index (κ2) is 9.21. The zero-order valence-electron chi connectivity index (χ0n) is 18.0. The molecular weight excluding hydrogens is 498 g/mol. The Bertz CT molecular complexity index is 1350. The van der Waals surface area contributed by atoms with Crippen LogP contribution in [-0.2, 0) is 0 Å². The minimum absolute atomic E-state index is 0.604. The lowest BCUT2D eigenvalue weighted by Gasteiger charge is -2.25. The number of ether oxygens (including phenoxy) is 2. The first-order chi connectivity index (χ1) is 16.2. The number of hydrogen-bond donors (Lipinski definition) is 0. The molecule has 5 nitrogen and oxygen atoms in total. The van der Waals surface area contributed by atoms with Crippen molar-refractivity contribution in [3.63, 3.8) is 0 Å². The topological polar surface area (TPSA) is 47.5 Å². The molecule has 0 radical (unpaired) electrons. The van der Waals surface area contributed by atoms with E-state index in [1.807, 2.05) is 36.4 Å². The predicted molar refractivity (Wildman–Crippen MR) is 138 cm³/mol. The number of nitrogens with zero attached hydrogens (tertiary/aromatic N) is 3. The zero-order chi connectivity index (χ0) is 22.8. The van der Waals surface area contributed by atoms with Crippen LogP contribution < -0.4 is 14.4 Å². The van der Waals surface area contributed by atoms with Gasteiger partial charge in [0.25, 0.3) is 0 Å². The Morgan fingerprint density at radius 3 is 1.73 bits per heavy atom. The van der Waals surface area contributed by atoms with E-state index in [1.165, 1.54) is 11.7 Å². The summed E-state index contributed by atoms with van der Waals surface area (Å²) in [5, 5.41) is 0. The van der Waals surface area contributed by atoms with Gasteiger partial charge < -0.3 is 14.4 Å². The highest BCUT2D eigenvalue weighted by Crippen LogP contribution is 2.48. The average Bonchev–Trinajstić information content (AvgIpc) is 3.36. The molecule has 0 saturated heterocycles. The third-order valence-electron chi connectivity index (χ3n) is 5.42. The summed E-state index contributed by atoms with van der Waals surface area (Å²) < 4.78 is 21.2. The monoisotopic (exact) mass is 517 g/mol. The second-order valence-corrected chi connectivity index (χ2v) is 8.59. The van der Waals surface area contributed by atoms with Gasteiger partial charge in [-0.3, -0.25) is 0 Å². The van der Waals surface area contributed by atoms with Crippen LogP contribution in [0.1, 0.15) is 0 Å². The normalized spacial score (nSPS) is 10.9. The molecule has 7 heteroatoms. The van der Waals surface area contributed by atoms with E-state index in [-0.39, 0.29) is 0 Å². The minimum Gasteiger partial charge on any atom is -0.492 e. The van der Waals surface area contributed by atoms with E-state index in [2.05, 4.69) is 78.1 Å². The SMILES string of the molecule is COc1c(OC)c(-c2ccc(N(c3ccccc3)c3ccccc3)cc2)c2nsnc2c1Br. The highest BCUT2D eigenvalue weighted by molar-refractivity contribution is 9.10. The molecule has 0 saturated carbocycles. The Morgan fingerprint density at radius 2 is 1.18 bits per heavy atom. The molecule has 1 heterocycles. The Morgan fingerprint density at radius 1 is 0.667 bits per heavy atom. The van der Waals surface area contributed by atoms with Crippen molar-refractivity contribution in [3.05, 3.63) is 89.4 Å². The largest absolute Gasteiger partial charge is 0.492 e. The summed E-state index contributed by atoms with van der Waals surface area (Å²) in [5.41, 5.74) is 6.59. The molecule has 0 aliphatic rings. The van der Waals surface area contributed by atoms with Crippen molar-refractivity contribution in [3.8, 4) is 22.6 Å². The Hall–Kier alpha value is -3.42. The highest BCUT2D eigenvalue weighted by Gasteiger charge is 2.24. The van der Waals surface area contributed by atoms with Gasteiger partial charge in [0.2, 0.25) is 0 Å². The van der Waals surface area contributed by atoms with E-state index in [9.17, 15) is 0 Å². The summed E-state index contributed by atoms with van der Waals surface area (Å²) in [7, 11) is 3.26. The third-order valence-corrected chi connectivity index (χ3v) is 6.68. The minimum atomic E-state index is 0.604. The van der Waals surface area contributed by atoms with Crippen LogP contribution in [0.25, 0.3) is 22.2 Å². The van der Waals surface area contributed by atoms with Crippen LogP contribution in [0, 0.1) is 0 Å².